The van der Waals surface area contributed by atoms with E-state index in [4.69, 9.17) is 16.4 Å². The zero-order valence-electron chi connectivity index (χ0n) is 14.7. The molecule has 0 bridgehead atoms. The molecule has 8 heteroatoms. The van der Waals surface area contributed by atoms with E-state index in [9.17, 15) is 23.1 Å². The van der Waals surface area contributed by atoms with Gasteiger partial charge in [0.2, 0.25) is 0 Å². The zero-order valence-corrected chi connectivity index (χ0v) is 14.7. The summed E-state index contributed by atoms with van der Waals surface area (Å²) in [4.78, 5) is 12.3. The fourth-order valence-corrected chi connectivity index (χ4v) is 2.16. The summed E-state index contributed by atoms with van der Waals surface area (Å²) in [5.41, 5.74) is -3.22. The number of hydrogen-bond donors (Lipinski definition) is 2. The van der Waals surface area contributed by atoms with Crippen LogP contribution in [0.25, 0.3) is 0 Å². The summed E-state index contributed by atoms with van der Waals surface area (Å²) in [7, 11) is 0. The first-order valence-corrected chi connectivity index (χ1v) is 7.91. The summed E-state index contributed by atoms with van der Waals surface area (Å²) < 4.78 is 44.5. The number of hydrogen-bond acceptors (Lipinski definition) is 4. The molecule has 2 aromatic rings. The molecular formula is C20H15F3N2O3. The Hall–Kier alpha value is -3.49. The van der Waals surface area contributed by atoms with Gasteiger partial charge in [-0.1, -0.05) is 5.92 Å². The molecule has 0 unspecified atom stereocenters. The van der Waals surface area contributed by atoms with Crippen LogP contribution in [0.3, 0.4) is 0 Å². The van der Waals surface area contributed by atoms with Crippen LogP contribution in [-0.2, 0) is 11.0 Å². The van der Waals surface area contributed by atoms with E-state index in [0.717, 1.165) is 13.0 Å². The van der Waals surface area contributed by atoms with Gasteiger partial charge >= 0.3 is 6.18 Å². The molecule has 2 aromatic carbocycles. The lowest BCUT2D eigenvalue weighted by atomic mass is 10.0. The number of terminal acetylenes is 1. The molecule has 0 aliphatic carbocycles. The Bertz CT molecular complexity index is 953. The Morgan fingerprint density at radius 1 is 1.25 bits per heavy atom. The lowest BCUT2D eigenvalue weighted by Crippen LogP contribution is -2.45. The number of alkyl halides is 3. The topological polar surface area (TPSA) is 82.3 Å². The first-order valence-electron chi connectivity index (χ1n) is 7.91. The fraction of sp³-hybridized carbons (Fsp3) is 0.200. The van der Waals surface area contributed by atoms with Gasteiger partial charge in [-0.15, -0.1) is 6.42 Å². The van der Waals surface area contributed by atoms with E-state index in [0.29, 0.717) is 17.4 Å². The highest BCUT2D eigenvalue weighted by atomic mass is 19.4. The maximum Gasteiger partial charge on any atom is 0.417 e. The smallest absolute Gasteiger partial charge is 0.417 e. The number of nitrogens with zero attached hydrogens (tertiary/aromatic N) is 1. The summed E-state index contributed by atoms with van der Waals surface area (Å²) in [5.74, 6) is 1.29. The van der Waals surface area contributed by atoms with Crippen molar-refractivity contribution in [1.82, 2.24) is 0 Å². The van der Waals surface area contributed by atoms with Crippen molar-refractivity contribution in [2.75, 3.05) is 11.9 Å². The number of ether oxygens (including phenoxy) is 1. The molecule has 144 valence electrons. The third-order valence-electron chi connectivity index (χ3n) is 3.73. The van der Waals surface area contributed by atoms with Crippen molar-refractivity contribution in [1.29, 1.82) is 5.26 Å². The number of anilines is 1. The van der Waals surface area contributed by atoms with E-state index < -0.39 is 29.9 Å². The second-order valence-corrected chi connectivity index (χ2v) is 6.06. The van der Waals surface area contributed by atoms with Crippen LogP contribution in [0, 0.1) is 23.7 Å². The Morgan fingerprint density at radius 3 is 2.43 bits per heavy atom. The molecule has 0 saturated carbocycles. The Labute approximate surface area is 159 Å². The van der Waals surface area contributed by atoms with Gasteiger partial charge in [0.15, 0.2) is 5.60 Å². The fourth-order valence-electron chi connectivity index (χ4n) is 2.16. The van der Waals surface area contributed by atoms with E-state index in [-0.39, 0.29) is 11.3 Å². The molecule has 1 atom stereocenters. The van der Waals surface area contributed by atoms with Crippen molar-refractivity contribution in [3.8, 4) is 24.2 Å². The zero-order chi connectivity index (χ0) is 20.9. The highest BCUT2D eigenvalue weighted by Gasteiger charge is 2.35. The molecule has 2 N–H and O–H groups in total. The van der Waals surface area contributed by atoms with Crippen molar-refractivity contribution in [3.05, 3.63) is 59.2 Å². The number of carbonyl (C=O) groups is 1. The van der Waals surface area contributed by atoms with Crippen LogP contribution in [0.5, 0.6) is 5.75 Å². The summed E-state index contributed by atoms with van der Waals surface area (Å²) in [6.07, 6.45) is 0.378. The summed E-state index contributed by atoms with van der Waals surface area (Å²) in [6, 6.07) is 10.9. The van der Waals surface area contributed by atoms with Crippen LogP contribution < -0.4 is 10.1 Å². The number of nitriles is 1. The van der Waals surface area contributed by atoms with Crippen molar-refractivity contribution in [2.45, 2.75) is 18.7 Å². The van der Waals surface area contributed by atoms with Crippen molar-refractivity contribution < 1.29 is 27.8 Å². The van der Waals surface area contributed by atoms with Gasteiger partial charge in [-0.2, -0.15) is 18.4 Å². The molecule has 0 aliphatic heterocycles. The number of rotatable bonds is 5. The van der Waals surface area contributed by atoms with E-state index in [1.54, 1.807) is 0 Å². The van der Waals surface area contributed by atoms with Crippen LogP contribution in [0.15, 0.2) is 42.5 Å². The minimum absolute atomic E-state index is 0.171. The van der Waals surface area contributed by atoms with Crippen molar-refractivity contribution >= 4 is 11.6 Å². The quantitative estimate of drug-likeness (QED) is 0.770. The molecular weight excluding hydrogens is 373 g/mol. The summed E-state index contributed by atoms with van der Waals surface area (Å²) in [5, 5.41) is 21.3. The number of aliphatic hydroxyl groups is 1. The highest BCUT2D eigenvalue weighted by Crippen LogP contribution is 2.33. The van der Waals surface area contributed by atoms with Crippen LogP contribution in [0.2, 0.25) is 0 Å². The van der Waals surface area contributed by atoms with E-state index in [1.165, 1.54) is 30.3 Å². The molecule has 0 saturated heterocycles. The van der Waals surface area contributed by atoms with E-state index >= 15 is 0 Å². The van der Waals surface area contributed by atoms with Gasteiger partial charge in [-0.3, -0.25) is 4.79 Å². The summed E-state index contributed by atoms with van der Waals surface area (Å²) in [6.45, 7) is 0.700. The molecule has 2 rings (SSSR count). The molecule has 0 heterocycles. The van der Waals surface area contributed by atoms with Crippen LogP contribution in [0.4, 0.5) is 18.9 Å². The Morgan fingerprint density at radius 2 is 1.89 bits per heavy atom. The second-order valence-electron chi connectivity index (χ2n) is 6.06. The second kappa shape index (κ2) is 8.03. The number of benzene rings is 2. The number of amides is 1. The third kappa shape index (κ3) is 5.03. The number of carbonyl (C=O) groups excluding carboxylic acids is 1. The van der Waals surface area contributed by atoms with Crippen molar-refractivity contribution in [2.24, 2.45) is 0 Å². The molecule has 0 spiro atoms. The maximum atomic E-state index is 13.1. The van der Waals surface area contributed by atoms with Gasteiger partial charge in [0.25, 0.3) is 5.91 Å². The average Bonchev–Trinajstić information content (AvgIpc) is 2.66. The molecule has 1 amide bonds. The largest absolute Gasteiger partial charge is 0.490 e. The highest BCUT2D eigenvalue weighted by molar-refractivity contribution is 5.97. The Balaban J connectivity index is 2.10. The molecule has 0 aromatic heterocycles. The normalized spacial score (nSPS) is 13.0. The molecule has 0 aliphatic rings. The van der Waals surface area contributed by atoms with Crippen LogP contribution in [-0.4, -0.2) is 23.2 Å². The first-order chi connectivity index (χ1) is 13.1. The maximum absolute atomic E-state index is 13.1. The average molecular weight is 388 g/mol. The van der Waals surface area contributed by atoms with Gasteiger partial charge < -0.3 is 15.2 Å². The van der Waals surface area contributed by atoms with E-state index in [1.807, 2.05) is 12.0 Å². The molecule has 28 heavy (non-hydrogen) atoms. The predicted octanol–water partition coefficient (Wildman–Crippen LogP) is 3.33. The van der Waals surface area contributed by atoms with Crippen LogP contribution >= 0.6 is 0 Å². The van der Waals surface area contributed by atoms with Gasteiger partial charge in [0, 0.05) is 11.3 Å². The SMILES string of the molecule is C#Cc1ccc(NC(=O)[C@@](C)(O)COc2ccc(C#N)cc2)cc1C(F)(F)F. The molecule has 5 nitrogen and oxygen atoms in total. The Kier molecular flexibility index (Phi) is 5.97. The molecule has 0 fully saturated rings. The molecule has 0 radical (unpaired) electrons. The lowest BCUT2D eigenvalue weighted by Gasteiger charge is -2.23. The van der Waals surface area contributed by atoms with Crippen LogP contribution in [0.1, 0.15) is 23.6 Å². The van der Waals surface area contributed by atoms with E-state index in [2.05, 4.69) is 5.32 Å². The number of nitrogens with one attached hydrogen (secondary N) is 1. The lowest BCUT2D eigenvalue weighted by molar-refractivity contribution is -0.138. The minimum Gasteiger partial charge on any atom is -0.490 e. The predicted molar refractivity (Wildman–Crippen MR) is 95.3 cm³/mol. The van der Waals surface area contributed by atoms with Gasteiger partial charge in [-0.25, -0.2) is 0 Å². The van der Waals surface area contributed by atoms with Gasteiger partial charge in [-0.05, 0) is 49.4 Å². The standard InChI is InChI=1S/C20H15F3N2O3/c1-3-14-6-7-15(10-17(14)20(21,22)23)25-18(26)19(2,27)12-28-16-8-4-13(11-24)5-9-16/h1,4-10,27H,12H2,2H3,(H,25,26)/t19-/m0/s1. The minimum atomic E-state index is -4.69. The monoisotopic (exact) mass is 388 g/mol. The third-order valence-corrected chi connectivity index (χ3v) is 3.73. The van der Waals surface area contributed by atoms with Gasteiger partial charge in [0.05, 0.1) is 17.2 Å². The van der Waals surface area contributed by atoms with Gasteiger partial charge in [0.1, 0.15) is 12.4 Å². The van der Waals surface area contributed by atoms with Crippen molar-refractivity contribution in [3.63, 3.8) is 0 Å². The number of halogens is 3. The first kappa shape index (κ1) is 20.8. The summed E-state index contributed by atoms with van der Waals surface area (Å²) >= 11 is 0.